The van der Waals surface area contributed by atoms with Gasteiger partial charge in [-0.25, -0.2) is 4.39 Å². The van der Waals surface area contributed by atoms with E-state index in [1.54, 1.807) is 0 Å². The van der Waals surface area contributed by atoms with E-state index >= 15 is 0 Å². The van der Waals surface area contributed by atoms with Crippen molar-refractivity contribution in [1.29, 1.82) is 0 Å². The lowest BCUT2D eigenvalue weighted by atomic mass is 10.2. The fourth-order valence-electron chi connectivity index (χ4n) is 2.01. The first-order chi connectivity index (χ1) is 9.15. The van der Waals surface area contributed by atoms with Crippen LogP contribution in [0.4, 0.5) is 10.1 Å². The second-order valence-electron chi connectivity index (χ2n) is 4.57. The fraction of sp³-hybridized carbons (Fsp3) is 0.538. The number of anilines is 1. The van der Waals surface area contributed by atoms with Crippen LogP contribution in [-0.2, 0) is 4.74 Å². The summed E-state index contributed by atoms with van der Waals surface area (Å²) in [6, 6.07) is 4.31. The smallest absolute Gasteiger partial charge is 0.146 e. The van der Waals surface area contributed by atoms with Crippen molar-refractivity contribution < 1.29 is 14.2 Å². The summed E-state index contributed by atoms with van der Waals surface area (Å²) in [5.41, 5.74) is 0.313. The molecule has 2 N–H and O–H groups in total. The third-order valence-corrected chi connectivity index (χ3v) is 3.26. The molecule has 6 heteroatoms. The van der Waals surface area contributed by atoms with Gasteiger partial charge in [-0.3, -0.25) is 4.90 Å². The summed E-state index contributed by atoms with van der Waals surface area (Å²) in [6.07, 6.45) is -0.559. The van der Waals surface area contributed by atoms with Crippen LogP contribution < -0.4 is 5.32 Å². The zero-order valence-corrected chi connectivity index (χ0v) is 11.4. The molecule has 1 fully saturated rings. The van der Waals surface area contributed by atoms with Crippen LogP contribution in [-0.4, -0.2) is 55.5 Å². The average Bonchev–Trinajstić information content (AvgIpc) is 2.41. The standard InChI is InChI=1S/C13H18ClFN2O2/c14-10-1-2-12(15)13(7-10)16-8-11(18)9-17-3-5-19-6-4-17/h1-2,7,11,16,18H,3-6,8-9H2. The van der Waals surface area contributed by atoms with Crippen molar-refractivity contribution in [3.8, 4) is 0 Å². The molecule has 1 heterocycles. The average molecular weight is 289 g/mol. The van der Waals surface area contributed by atoms with Gasteiger partial charge in [-0.15, -0.1) is 0 Å². The Morgan fingerprint density at radius 2 is 2.16 bits per heavy atom. The number of benzene rings is 1. The van der Waals surface area contributed by atoms with Crippen molar-refractivity contribution in [3.63, 3.8) is 0 Å². The maximum atomic E-state index is 13.4. The topological polar surface area (TPSA) is 44.7 Å². The highest BCUT2D eigenvalue weighted by atomic mass is 35.5. The summed E-state index contributed by atoms with van der Waals surface area (Å²) in [4.78, 5) is 2.13. The Morgan fingerprint density at radius 1 is 1.42 bits per heavy atom. The van der Waals surface area contributed by atoms with Crippen LogP contribution in [0.1, 0.15) is 0 Å². The Labute approximate surface area is 117 Å². The molecule has 0 bridgehead atoms. The number of nitrogens with one attached hydrogen (secondary N) is 1. The maximum absolute atomic E-state index is 13.4. The van der Waals surface area contributed by atoms with Gasteiger partial charge in [-0.1, -0.05) is 11.6 Å². The summed E-state index contributed by atoms with van der Waals surface area (Å²) < 4.78 is 18.7. The molecular formula is C13H18ClFN2O2. The Kier molecular flexibility index (Phi) is 5.39. The van der Waals surface area contributed by atoms with Gasteiger partial charge in [0.15, 0.2) is 0 Å². The largest absolute Gasteiger partial charge is 0.390 e. The molecule has 0 amide bonds. The van der Waals surface area contributed by atoms with E-state index in [0.717, 1.165) is 13.1 Å². The highest BCUT2D eigenvalue weighted by molar-refractivity contribution is 6.30. The SMILES string of the molecule is OC(CNc1cc(Cl)ccc1F)CN1CCOCC1. The van der Waals surface area contributed by atoms with Gasteiger partial charge in [0.1, 0.15) is 5.82 Å². The number of nitrogens with zero attached hydrogens (tertiary/aromatic N) is 1. The predicted molar refractivity (Wildman–Crippen MR) is 73.2 cm³/mol. The summed E-state index contributed by atoms with van der Waals surface area (Å²) in [5.74, 6) is -0.372. The first-order valence-corrected chi connectivity index (χ1v) is 6.70. The minimum Gasteiger partial charge on any atom is -0.390 e. The number of halogens is 2. The first kappa shape index (κ1) is 14.5. The Balaban J connectivity index is 1.79. The number of hydrogen-bond donors (Lipinski definition) is 2. The molecule has 1 unspecified atom stereocenters. The molecule has 4 nitrogen and oxygen atoms in total. The van der Waals surface area contributed by atoms with Crippen LogP contribution in [0.15, 0.2) is 18.2 Å². The molecule has 1 aromatic carbocycles. The maximum Gasteiger partial charge on any atom is 0.146 e. The second-order valence-corrected chi connectivity index (χ2v) is 5.01. The zero-order chi connectivity index (χ0) is 13.7. The van der Waals surface area contributed by atoms with Gasteiger partial charge in [0.05, 0.1) is 25.0 Å². The van der Waals surface area contributed by atoms with Crippen molar-refractivity contribution >= 4 is 17.3 Å². The van der Waals surface area contributed by atoms with Crippen LogP contribution in [0.5, 0.6) is 0 Å². The lowest BCUT2D eigenvalue weighted by Crippen LogP contribution is -2.42. The third-order valence-electron chi connectivity index (χ3n) is 3.03. The van der Waals surface area contributed by atoms with E-state index < -0.39 is 6.10 Å². The van der Waals surface area contributed by atoms with Crippen LogP contribution >= 0.6 is 11.6 Å². The second kappa shape index (κ2) is 7.05. The van der Waals surface area contributed by atoms with Crippen LogP contribution in [0.3, 0.4) is 0 Å². The van der Waals surface area contributed by atoms with Gasteiger partial charge >= 0.3 is 0 Å². The molecule has 1 aliphatic rings. The molecule has 0 aromatic heterocycles. The van der Waals surface area contributed by atoms with E-state index in [2.05, 4.69) is 10.2 Å². The molecule has 1 atom stereocenters. The molecule has 0 aliphatic carbocycles. The van der Waals surface area contributed by atoms with Gasteiger partial charge in [-0.05, 0) is 18.2 Å². The number of aliphatic hydroxyl groups excluding tert-OH is 1. The van der Waals surface area contributed by atoms with Crippen molar-refractivity contribution in [1.82, 2.24) is 4.90 Å². The summed E-state index contributed by atoms with van der Waals surface area (Å²) in [7, 11) is 0. The molecule has 0 saturated carbocycles. The van der Waals surface area contributed by atoms with E-state index in [1.165, 1.54) is 18.2 Å². The first-order valence-electron chi connectivity index (χ1n) is 6.32. The van der Waals surface area contributed by atoms with Crippen molar-refractivity contribution in [2.45, 2.75) is 6.10 Å². The summed E-state index contributed by atoms with van der Waals surface area (Å²) in [6.45, 7) is 3.88. The highest BCUT2D eigenvalue weighted by Crippen LogP contribution is 2.19. The number of hydrogen-bond acceptors (Lipinski definition) is 4. The Morgan fingerprint density at radius 3 is 2.89 bits per heavy atom. The number of morpholine rings is 1. The van der Waals surface area contributed by atoms with E-state index in [1.807, 2.05) is 0 Å². The van der Waals surface area contributed by atoms with E-state index in [4.69, 9.17) is 16.3 Å². The minimum absolute atomic E-state index is 0.286. The van der Waals surface area contributed by atoms with Crippen molar-refractivity contribution in [3.05, 3.63) is 29.0 Å². The van der Waals surface area contributed by atoms with Crippen LogP contribution in [0.2, 0.25) is 5.02 Å². The highest BCUT2D eigenvalue weighted by Gasteiger charge is 2.15. The Bertz CT molecular complexity index is 414. The van der Waals surface area contributed by atoms with Crippen LogP contribution in [0.25, 0.3) is 0 Å². The molecule has 106 valence electrons. The van der Waals surface area contributed by atoms with Crippen LogP contribution in [0, 0.1) is 5.82 Å². The van der Waals surface area contributed by atoms with E-state index in [-0.39, 0.29) is 12.4 Å². The molecule has 19 heavy (non-hydrogen) atoms. The number of ether oxygens (including phenoxy) is 1. The van der Waals surface area contributed by atoms with Gasteiger partial charge in [0, 0.05) is 31.2 Å². The van der Waals surface area contributed by atoms with Crippen molar-refractivity contribution in [2.75, 3.05) is 44.7 Å². The molecule has 1 aliphatic heterocycles. The quantitative estimate of drug-likeness (QED) is 0.864. The number of rotatable bonds is 5. The predicted octanol–water partition coefficient (Wildman–Crippen LogP) is 1.58. The van der Waals surface area contributed by atoms with Crippen molar-refractivity contribution in [2.24, 2.45) is 0 Å². The Hall–Kier alpha value is -0.880. The number of β-amino-alcohol motifs (C(OH)–C–C–N with tert-alkyl or cyclic N) is 1. The normalized spacial score (nSPS) is 18.3. The van der Waals surface area contributed by atoms with Gasteiger partial charge in [0.25, 0.3) is 0 Å². The third kappa shape index (κ3) is 4.62. The molecule has 0 radical (unpaired) electrons. The van der Waals surface area contributed by atoms with E-state index in [9.17, 15) is 9.50 Å². The summed E-state index contributed by atoms with van der Waals surface area (Å²) in [5, 5.41) is 13.3. The molecular weight excluding hydrogens is 271 g/mol. The fourth-order valence-corrected chi connectivity index (χ4v) is 2.18. The molecule has 1 aromatic rings. The lowest BCUT2D eigenvalue weighted by molar-refractivity contribution is 0.0171. The molecule has 1 saturated heterocycles. The monoisotopic (exact) mass is 288 g/mol. The molecule has 0 spiro atoms. The molecule has 2 rings (SSSR count). The summed E-state index contributed by atoms with van der Waals surface area (Å²) >= 11 is 5.80. The zero-order valence-electron chi connectivity index (χ0n) is 10.6. The minimum atomic E-state index is -0.559. The van der Waals surface area contributed by atoms with E-state index in [0.29, 0.717) is 30.5 Å². The van der Waals surface area contributed by atoms with Gasteiger partial charge < -0.3 is 15.2 Å². The number of aliphatic hydroxyl groups is 1. The van der Waals surface area contributed by atoms with Gasteiger partial charge in [0.2, 0.25) is 0 Å². The van der Waals surface area contributed by atoms with Gasteiger partial charge in [-0.2, -0.15) is 0 Å². The lowest BCUT2D eigenvalue weighted by Gasteiger charge is -2.28.